The Kier molecular flexibility index (Phi) is 8.93. The first-order valence-corrected chi connectivity index (χ1v) is 8.85. The smallest absolute Gasteiger partial charge is 0.252 e. The summed E-state index contributed by atoms with van der Waals surface area (Å²) in [4.78, 5) is 25.1. The van der Waals surface area contributed by atoms with Crippen molar-refractivity contribution in [1.29, 1.82) is 0 Å². The number of benzene rings is 1. The number of carbonyl (C=O) groups excluding carboxylic acids is 2. The molecule has 1 aliphatic heterocycles. The highest BCUT2D eigenvalue weighted by molar-refractivity contribution is 5.98. The Bertz CT molecular complexity index is 572. The number of nitrogens with one attached hydrogen (secondary N) is 3. The van der Waals surface area contributed by atoms with Gasteiger partial charge >= 0.3 is 0 Å². The van der Waals surface area contributed by atoms with Crippen LogP contribution in [-0.2, 0) is 4.79 Å². The molecule has 140 valence electrons. The third-order valence-corrected chi connectivity index (χ3v) is 4.40. The normalized spacial score (nSPS) is 17.7. The van der Waals surface area contributed by atoms with Crippen molar-refractivity contribution in [2.75, 3.05) is 13.1 Å². The standard InChI is InChI=1S/C19H29N3O2.ClH/c1-13(2)11-17(19(24)21-12-15-8-6-10-20-15)22-18(23)16-9-5-4-7-14(16)3;/h4-5,7,9,13,15,17,20H,6,8,10-12H2,1-3H3,(H,21,24)(H,22,23);1H. The maximum atomic E-state index is 12.5. The molecule has 0 bridgehead atoms. The third kappa shape index (κ3) is 6.67. The minimum atomic E-state index is -0.501. The lowest BCUT2D eigenvalue weighted by atomic mass is 10.0. The van der Waals surface area contributed by atoms with Crippen molar-refractivity contribution < 1.29 is 9.59 Å². The first kappa shape index (κ1) is 21.5. The van der Waals surface area contributed by atoms with Crippen molar-refractivity contribution in [3.05, 3.63) is 35.4 Å². The molecule has 1 heterocycles. The van der Waals surface area contributed by atoms with Crippen LogP contribution in [0.1, 0.15) is 49.0 Å². The molecule has 2 amide bonds. The first-order chi connectivity index (χ1) is 11.5. The van der Waals surface area contributed by atoms with E-state index in [2.05, 4.69) is 29.8 Å². The lowest BCUT2D eigenvalue weighted by molar-refractivity contribution is -0.123. The van der Waals surface area contributed by atoms with Gasteiger partial charge in [-0.05, 0) is 50.3 Å². The molecule has 5 nitrogen and oxygen atoms in total. The summed E-state index contributed by atoms with van der Waals surface area (Å²) in [7, 11) is 0. The van der Waals surface area contributed by atoms with Crippen molar-refractivity contribution in [2.45, 2.75) is 52.1 Å². The largest absolute Gasteiger partial charge is 0.353 e. The molecule has 0 spiro atoms. The molecule has 1 saturated heterocycles. The van der Waals surface area contributed by atoms with Gasteiger partial charge in [0.25, 0.3) is 5.91 Å². The minimum Gasteiger partial charge on any atom is -0.353 e. The molecule has 1 aromatic carbocycles. The Morgan fingerprint density at radius 1 is 1.28 bits per heavy atom. The number of hydrogen-bond donors (Lipinski definition) is 3. The topological polar surface area (TPSA) is 70.2 Å². The van der Waals surface area contributed by atoms with Gasteiger partial charge in [-0.2, -0.15) is 0 Å². The molecule has 25 heavy (non-hydrogen) atoms. The number of hydrogen-bond acceptors (Lipinski definition) is 3. The van der Waals surface area contributed by atoms with Crippen LogP contribution in [0.2, 0.25) is 0 Å². The summed E-state index contributed by atoms with van der Waals surface area (Å²) < 4.78 is 0. The molecule has 1 aliphatic rings. The molecule has 1 aromatic rings. The van der Waals surface area contributed by atoms with Crippen LogP contribution in [0.3, 0.4) is 0 Å². The molecule has 3 N–H and O–H groups in total. The molecular formula is C19H30ClN3O2. The SMILES string of the molecule is Cc1ccccc1C(=O)NC(CC(C)C)C(=O)NCC1CCCN1.Cl. The van der Waals surface area contributed by atoms with E-state index in [-0.39, 0.29) is 24.2 Å². The number of carbonyl (C=O) groups is 2. The van der Waals surface area contributed by atoms with E-state index in [0.29, 0.717) is 30.5 Å². The minimum absolute atomic E-state index is 0. The monoisotopic (exact) mass is 367 g/mol. The number of halogens is 1. The molecule has 0 aliphatic carbocycles. The number of amides is 2. The van der Waals surface area contributed by atoms with E-state index in [0.717, 1.165) is 24.9 Å². The van der Waals surface area contributed by atoms with Crippen molar-refractivity contribution in [2.24, 2.45) is 5.92 Å². The Morgan fingerprint density at radius 2 is 2.00 bits per heavy atom. The summed E-state index contributed by atoms with van der Waals surface area (Å²) >= 11 is 0. The van der Waals surface area contributed by atoms with Crippen LogP contribution >= 0.6 is 12.4 Å². The van der Waals surface area contributed by atoms with Gasteiger partial charge in [-0.25, -0.2) is 0 Å². The number of aryl methyl sites for hydroxylation is 1. The maximum Gasteiger partial charge on any atom is 0.252 e. The summed E-state index contributed by atoms with van der Waals surface area (Å²) in [6, 6.07) is 7.28. The molecular weight excluding hydrogens is 338 g/mol. The fourth-order valence-electron chi connectivity index (χ4n) is 3.04. The Labute approximate surface area is 156 Å². The van der Waals surface area contributed by atoms with E-state index in [4.69, 9.17) is 0 Å². The van der Waals surface area contributed by atoms with Gasteiger partial charge in [0.2, 0.25) is 5.91 Å². The zero-order chi connectivity index (χ0) is 17.5. The Hall–Kier alpha value is -1.59. The lowest BCUT2D eigenvalue weighted by Crippen LogP contribution is -2.49. The van der Waals surface area contributed by atoms with Crippen LogP contribution in [0.25, 0.3) is 0 Å². The van der Waals surface area contributed by atoms with E-state index in [1.807, 2.05) is 25.1 Å². The molecule has 1 fully saturated rings. The van der Waals surface area contributed by atoms with Gasteiger partial charge in [-0.1, -0.05) is 32.0 Å². The third-order valence-electron chi connectivity index (χ3n) is 4.40. The average molecular weight is 368 g/mol. The van der Waals surface area contributed by atoms with Crippen LogP contribution in [0.5, 0.6) is 0 Å². The van der Waals surface area contributed by atoms with E-state index in [9.17, 15) is 9.59 Å². The second-order valence-corrected chi connectivity index (χ2v) is 7.01. The predicted molar refractivity (Wildman–Crippen MR) is 103 cm³/mol. The van der Waals surface area contributed by atoms with Gasteiger partial charge in [0.05, 0.1) is 0 Å². The summed E-state index contributed by atoms with van der Waals surface area (Å²) in [5.74, 6) is 0.0368. The fourth-order valence-corrected chi connectivity index (χ4v) is 3.04. The summed E-state index contributed by atoms with van der Waals surface area (Å²) in [5, 5.41) is 9.26. The number of rotatable bonds is 7. The van der Waals surface area contributed by atoms with E-state index < -0.39 is 6.04 Å². The summed E-state index contributed by atoms with van der Waals surface area (Å²) in [6.45, 7) is 7.64. The van der Waals surface area contributed by atoms with Crippen LogP contribution in [-0.4, -0.2) is 37.0 Å². The zero-order valence-corrected chi connectivity index (χ0v) is 16.1. The van der Waals surface area contributed by atoms with Gasteiger partial charge in [-0.3, -0.25) is 9.59 Å². The van der Waals surface area contributed by atoms with Crippen LogP contribution < -0.4 is 16.0 Å². The van der Waals surface area contributed by atoms with Gasteiger partial charge < -0.3 is 16.0 Å². The van der Waals surface area contributed by atoms with Gasteiger partial charge in [0, 0.05) is 18.2 Å². The highest BCUT2D eigenvalue weighted by atomic mass is 35.5. The Balaban J connectivity index is 0.00000312. The second kappa shape index (κ2) is 10.4. The average Bonchev–Trinajstić information content (AvgIpc) is 3.05. The maximum absolute atomic E-state index is 12.5. The molecule has 0 aromatic heterocycles. The highest BCUT2D eigenvalue weighted by Gasteiger charge is 2.24. The van der Waals surface area contributed by atoms with Gasteiger partial charge in [-0.15, -0.1) is 12.4 Å². The molecule has 2 atom stereocenters. The van der Waals surface area contributed by atoms with Crippen molar-refractivity contribution >= 4 is 24.2 Å². The van der Waals surface area contributed by atoms with Crippen molar-refractivity contribution in [3.8, 4) is 0 Å². The van der Waals surface area contributed by atoms with E-state index in [1.165, 1.54) is 0 Å². The van der Waals surface area contributed by atoms with Crippen molar-refractivity contribution in [1.82, 2.24) is 16.0 Å². The summed E-state index contributed by atoms with van der Waals surface area (Å²) in [6.07, 6.45) is 2.87. The van der Waals surface area contributed by atoms with Gasteiger partial charge in [0.15, 0.2) is 0 Å². The zero-order valence-electron chi connectivity index (χ0n) is 15.3. The summed E-state index contributed by atoms with van der Waals surface area (Å²) in [5.41, 5.74) is 1.53. The van der Waals surface area contributed by atoms with Crippen molar-refractivity contribution in [3.63, 3.8) is 0 Å². The molecule has 2 unspecified atom stereocenters. The quantitative estimate of drug-likeness (QED) is 0.693. The molecule has 0 saturated carbocycles. The molecule has 2 rings (SSSR count). The van der Waals surface area contributed by atoms with E-state index in [1.54, 1.807) is 6.07 Å². The predicted octanol–water partition coefficient (Wildman–Crippen LogP) is 2.43. The first-order valence-electron chi connectivity index (χ1n) is 8.85. The van der Waals surface area contributed by atoms with Crippen LogP contribution in [0, 0.1) is 12.8 Å². The Morgan fingerprint density at radius 3 is 2.60 bits per heavy atom. The van der Waals surface area contributed by atoms with Crippen LogP contribution in [0.15, 0.2) is 24.3 Å². The molecule has 0 radical (unpaired) electrons. The second-order valence-electron chi connectivity index (χ2n) is 7.01. The lowest BCUT2D eigenvalue weighted by Gasteiger charge is -2.22. The highest BCUT2D eigenvalue weighted by Crippen LogP contribution is 2.10. The molecule has 6 heteroatoms. The van der Waals surface area contributed by atoms with Gasteiger partial charge in [0.1, 0.15) is 6.04 Å². The fraction of sp³-hybridized carbons (Fsp3) is 0.579. The van der Waals surface area contributed by atoms with Crippen LogP contribution in [0.4, 0.5) is 0 Å². The van der Waals surface area contributed by atoms with E-state index >= 15 is 0 Å².